The average Bonchev–Trinajstić information content (AvgIpc) is 3.02. The fraction of sp³-hybridized carbons (Fsp3) is 0.227. The lowest BCUT2D eigenvalue weighted by molar-refractivity contribution is 0.698. The van der Waals surface area contributed by atoms with Gasteiger partial charge in [0.2, 0.25) is 0 Å². The molecule has 0 fully saturated rings. The molecule has 1 atom stereocenters. The number of thiophene rings is 1. The monoisotopic (exact) mass is 389 g/mol. The number of hydrogen-bond acceptors (Lipinski definition) is 6. The van der Waals surface area contributed by atoms with Gasteiger partial charge >= 0.3 is 0 Å². The van der Waals surface area contributed by atoms with Crippen molar-refractivity contribution in [3.63, 3.8) is 0 Å². The summed E-state index contributed by atoms with van der Waals surface area (Å²) >= 11 is 1.72. The summed E-state index contributed by atoms with van der Waals surface area (Å²) in [6.45, 7) is 4.88. The molecule has 142 valence electrons. The van der Waals surface area contributed by atoms with Crippen LogP contribution < -0.4 is 11.1 Å². The van der Waals surface area contributed by atoms with E-state index in [2.05, 4.69) is 36.3 Å². The average molecular weight is 390 g/mol. The van der Waals surface area contributed by atoms with Crippen LogP contribution in [0.5, 0.6) is 0 Å². The van der Waals surface area contributed by atoms with Gasteiger partial charge in [-0.15, -0.1) is 11.3 Å². The second kappa shape index (κ2) is 8.04. The molecule has 0 aliphatic heterocycles. The minimum absolute atomic E-state index is 0.000975. The van der Waals surface area contributed by atoms with Crippen LogP contribution in [0.25, 0.3) is 21.6 Å². The van der Waals surface area contributed by atoms with E-state index in [1.807, 2.05) is 30.3 Å². The van der Waals surface area contributed by atoms with Crippen molar-refractivity contribution >= 4 is 27.4 Å². The third kappa shape index (κ3) is 3.88. The SMILES string of the molecule is Cc1sc2c(NCC(N)Cc3ccccc3)nc(-c3ccncc3)nc2c1C. The second-order valence-electron chi connectivity index (χ2n) is 6.92. The number of benzene rings is 1. The van der Waals surface area contributed by atoms with Crippen molar-refractivity contribution in [2.75, 3.05) is 11.9 Å². The van der Waals surface area contributed by atoms with E-state index in [1.165, 1.54) is 16.0 Å². The summed E-state index contributed by atoms with van der Waals surface area (Å²) in [4.78, 5) is 15.0. The molecule has 3 aromatic heterocycles. The van der Waals surface area contributed by atoms with E-state index >= 15 is 0 Å². The molecule has 3 heterocycles. The van der Waals surface area contributed by atoms with Gasteiger partial charge < -0.3 is 11.1 Å². The van der Waals surface area contributed by atoms with Crippen LogP contribution in [0.1, 0.15) is 16.0 Å². The van der Waals surface area contributed by atoms with E-state index in [1.54, 1.807) is 23.7 Å². The van der Waals surface area contributed by atoms with E-state index in [9.17, 15) is 0 Å². The number of hydrogen-bond donors (Lipinski definition) is 2. The summed E-state index contributed by atoms with van der Waals surface area (Å²) < 4.78 is 1.08. The molecule has 3 N–H and O–H groups in total. The van der Waals surface area contributed by atoms with Gasteiger partial charge in [-0.1, -0.05) is 30.3 Å². The Hall–Kier alpha value is -2.83. The molecule has 0 radical (unpaired) electrons. The van der Waals surface area contributed by atoms with Gasteiger partial charge in [0.15, 0.2) is 5.82 Å². The quantitative estimate of drug-likeness (QED) is 0.513. The topological polar surface area (TPSA) is 76.7 Å². The molecule has 6 heteroatoms. The lowest BCUT2D eigenvalue weighted by atomic mass is 10.1. The number of aryl methyl sites for hydroxylation is 2. The number of anilines is 1. The smallest absolute Gasteiger partial charge is 0.162 e. The third-order valence-electron chi connectivity index (χ3n) is 4.81. The molecule has 0 aliphatic carbocycles. The Morgan fingerprint density at radius 2 is 1.79 bits per heavy atom. The molecular formula is C22H23N5S. The number of aromatic nitrogens is 3. The Labute approximate surface area is 168 Å². The van der Waals surface area contributed by atoms with Crippen LogP contribution in [0.2, 0.25) is 0 Å². The fourth-order valence-corrected chi connectivity index (χ4v) is 4.23. The maximum absolute atomic E-state index is 6.37. The molecule has 0 saturated carbocycles. The van der Waals surface area contributed by atoms with Gasteiger partial charge in [-0.25, -0.2) is 9.97 Å². The highest BCUT2D eigenvalue weighted by Crippen LogP contribution is 2.34. The molecule has 4 aromatic rings. The molecule has 28 heavy (non-hydrogen) atoms. The minimum atomic E-state index is -0.000975. The van der Waals surface area contributed by atoms with Gasteiger partial charge in [0.1, 0.15) is 5.82 Å². The van der Waals surface area contributed by atoms with Crippen molar-refractivity contribution in [2.24, 2.45) is 5.73 Å². The lowest BCUT2D eigenvalue weighted by Crippen LogP contribution is -2.31. The molecule has 0 aliphatic rings. The first-order valence-electron chi connectivity index (χ1n) is 9.33. The molecule has 0 bridgehead atoms. The summed E-state index contributed by atoms with van der Waals surface area (Å²) in [6.07, 6.45) is 4.34. The first-order chi connectivity index (χ1) is 13.6. The Bertz CT molecular complexity index is 1080. The summed E-state index contributed by atoms with van der Waals surface area (Å²) in [6, 6.07) is 14.2. The zero-order chi connectivity index (χ0) is 19.5. The standard InChI is InChI=1S/C22H23N5S/c1-14-15(2)28-20-19(14)26-21(17-8-10-24-11-9-17)27-22(20)25-13-18(23)12-16-6-4-3-5-7-16/h3-11,18H,12-13,23H2,1-2H3,(H,25,26,27). The van der Waals surface area contributed by atoms with E-state index in [0.29, 0.717) is 12.4 Å². The van der Waals surface area contributed by atoms with E-state index < -0.39 is 0 Å². The van der Waals surface area contributed by atoms with Crippen LogP contribution in [-0.4, -0.2) is 27.5 Å². The Kier molecular flexibility index (Phi) is 5.32. The maximum atomic E-state index is 6.37. The molecule has 4 rings (SSSR count). The van der Waals surface area contributed by atoms with Crippen LogP contribution in [0.15, 0.2) is 54.9 Å². The van der Waals surface area contributed by atoms with Gasteiger partial charge in [0.25, 0.3) is 0 Å². The largest absolute Gasteiger partial charge is 0.367 e. The summed E-state index contributed by atoms with van der Waals surface area (Å²) in [7, 11) is 0. The van der Waals surface area contributed by atoms with Crippen molar-refractivity contribution in [1.29, 1.82) is 0 Å². The maximum Gasteiger partial charge on any atom is 0.162 e. The predicted molar refractivity (Wildman–Crippen MR) is 117 cm³/mol. The van der Waals surface area contributed by atoms with Crippen molar-refractivity contribution in [2.45, 2.75) is 26.3 Å². The number of nitrogens with one attached hydrogen (secondary N) is 1. The number of pyridine rings is 1. The van der Waals surface area contributed by atoms with Crippen LogP contribution in [0.4, 0.5) is 5.82 Å². The van der Waals surface area contributed by atoms with Crippen LogP contribution in [0.3, 0.4) is 0 Å². The zero-order valence-electron chi connectivity index (χ0n) is 16.0. The zero-order valence-corrected chi connectivity index (χ0v) is 16.8. The number of nitrogens with two attached hydrogens (primary N) is 1. The van der Waals surface area contributed by atoms with E-state index in [4.69, 9.17) is 15.7 Å². The molecule has 0 amide bonds. The summed E-state index contributed by atoms with van der Waals surface area (Å²) in [5, 5.41) is 3.48. The van der Waals surface area contributed by atoms with E-state index in [0.717, 1.165) is 28.0 Å². The molecule has 0 saturated heterocycles. The summed E-state index contributed by atoms with van der Waals surface area (Å²) in [5.41, 5.74) is 10.8. The minimum Gasteiger partial charge on any atom is -0.367 e. The van der Waals surface area contributed by atoms with Crippen LogP contribution in [-0.2, 0) is 6.42 Å². The molecule has 0 spiro atoms. The highest BCUT2D eigenvalue weighted by atomic mass is 32.1. The fourth-order valence-electron chi connectivity index (χ4n) is 3.16. The van der Waals surface area contributed by atoms with Crippen molar-refractivity contribution in [3.8, 4) is 11.4 Å². The summed E-state index contributed by atoms with van der Waals surface area (Å²) in [5.74, 6) is 1.55. The van der Waals surface area contributed by atoms with Crippen molar-refractivity contribution in [3.05, 3.63) is 70.9 Å². The van der Waals surface area contributed by atoms with Crippen LogP contribution in [0, 0.1) is 13.8 Å². The first kappa shape index (κ1) is 18.5. The molecular weight excluding hydrogens is 366 g/mol. The Balaban J connectivity index is 1.63. The first-order valence-corrected chi connectivity index (χ1v) is 10.1. The van der Waals surface area contributed by atoms with Gasteiger partial charge in [0, 0.05) is 35.4 Å². The van der Waals surface area contributed by atoms with Gasteiger partial charge in [-0.3, -0.25) is 4.98 Å². The molecule has 5 nitrogen and oxygen atoms in total. The highest BCUT2D eigenvalue weighted by molar-refractivity contribution is 7.19. The molecule has 1 aromatic carbocycles. The third-order valence-corrected chi connectivity index (χ3v) is 6.02. The normalized spacial score (nSPS) is 12.2. The van der Waals surface area contributed by atoms with Gasteiger partial charge in [-0.2, -0.15) is 0 Å². The predicted octanol–water partition coefficient (Wildman–Crippen LogP) is 4.35. The van der Waals surface area contributed by atoms with Crippen LogP contribution >= 0.6 is 11.3 Å². The van der Waals surface area contributed by atoms with Gasteiger partial charge in [-0.05, 0) is 43.5 Å². The number of rotatable bonds is 6. The van der Waals surface area contributed by atoms with Gasteiger partial charge in [0.05, 0.1) is 10.2 Å². The number of fused-ring (bicyclic) bond motifs is 1. The lowest BCUT2D eigenvalue weighted by Gasteiger charge is -2.14. The van der Waals surface area contributed by atoms with Crippen molar-refractivity contribution < 1.29 is 0 Å². The Morgan fingerprint density at radius 3 is 2.54 bits per heavy atom. The number of nitrogens with zero attached hydrogens (tertiary/aromatic N) is 3. The highest BCUT2D eigenvalue weighted by Gasteiger charge is 2.16. The molecule has 1 unspecified atom stereocenters. The van der Waals surface area contributed by atoms with E-state index in [-0.39, 0.29) is 6.04 Å². The Morgan fingerprint density at radius 1 is 1.04 bits per heavy atom. The van der Waals surface area contributed by atoms with Crippen molar-refractivity contribution in [1.82, 2.24) is 15.0 Å². The second-order valence-corrected chi connectivity index (χ2v) is 8.15.